The first-order chi connectivity index (χ1) is 3.80. The Hall–Kier alpha value is 0.310. The molecule has 0 radical (unpaired) electrons. The average molecular weight is 151 g/mol. The maximum atomic E-state index is 10.6. The molecule has 0 N–H and O–H groups in total. The van der Waals surface area contributed by atoms with Gasteiger partial charge in [0.1, 0.15) is 5.38 Å². The Labute approximate surface area is 57.8 Å². The van der Waals surface area contributed by atoms with E-state index in [9.17, 15) is 4.79 Å². The Morgan fingerprint density at radius 2 is 2.50 bits per heavy atom. The number of thioether (sulfide) groups is 1. The zero-order valence-corrected chi connectivity index (χ0v) is 5.97. The first-order valence-corrected chi connectivity index (χ1v) is 4.03. The molecule has 46 valence electrons. The Morgan fingerprint density at radius 1 is 1.75 bits per heavy atom. The molecule has 0 spiro atoms. The molecule has 1 nitrogen and oxygen atoms in total. The fourth-order valence-electron chi connectivity index (χ4n) is 0.644. The van der Waals surface area contributed by atoms with E-state index >= 15 is 0 Å². The van der Waals surface area contributed by atoms with Crippen LogP contribution in [-0.2, 0) is 4.79 Å². The molecular formula is C5H7ClOS. The first kappa shape index (κ1) is 6.43. The monoisotopic (exact) mass is 150 g/mol. The number of hydrogen-bond acceptors (Lipinski definition) is 2. The van der Waals surface area contributed by atoms with Crippen LogP contribution in [-0.4, -0.2) is 16.2 Å². The highest BCUT2D eigenvalue weighted by Gasteiger charge is 2.19. The summed E-state index contributed by atoms with van der Waals surface area (Å²) >= 11 is 6.95. The van der Waals surface area contributed by atoms with Crippen molar-refractivity contribution in [1.82, 2.24) is 0 Å². The van der Waals surface area contributed by atoms with Crippen molar-refractivity contribution in [3.63, 3.8) is 0 Å². The smallest absolute Gasteiger partial charge is 0.206 e. The lowest BCUT2D eigenvalue weighted by Gasteiger charge is -2.11. The first-order valence-electron chi connectivity index (χ1n) is 2.61. The largest absolute Gasteiger partial charge is 0.286 e. The molecule has 3 heteroatoms. The van der Waals surface area contributed by atoms with Gasteiger partial charge < -0.3 is 0 Å². The van der Waals surface area contributed by atoms with Crippen LogP contribution in [0.25, 0.3) is 0 Å². The lowest BCUT2D eigenvalue weighted by Crippen LogP contribution is -2.15. The van der Waals surface area contributed by atoms with Crippen molar-refractivity contribution < 1.29 is 4.79 Å². The van der Waals surface area contributed by atoms with Crippen molar-refractivity contribution in [1.29, 1.82) is 0 Å². The van der Waals surface area contributed by atoms with Crippen LogP contribution < -0.4 is 0 Å². The molecule has 1 saturated heterocycles. The standard InChI is InChI=1S/C5H7ClOS/c6-4-2-1-3-8-5(4)7/h4H,1-3H2. The summed E-state index contributed by atoms with van der Waals surface area (Å²) in [6, 6.07) is 0. The molecule has 1 rings (SSSR count). The second-order valence-corrected chi connectivity index (χ2v) is 3.40. The highest BCUT2D eigenvalue weighted by atomic mass is 35.5. The average Bonchev–Trinajstić information content (AvgIpc) is 1.77. The van der Waals surface area contributed by atoms with Crippen molar-refractivity contribution in [3.8, 4) is 0 Å². The number of carbonyl (C=O) groups is 1. The minimum absolute atomic E-state index is 0.151. The molecule has 0 aromatic rings. The highest BCUT2D eigenvalue weighted by Crippen LogP contribution is 2.22. The lowest BCUT2D eigenvalue weighted by molar-refractivity contribution is -0.111. The minimum Gasteiger partial charge on any atom is -0.286 e. The van der Waals surface area contributed by atoms with Gasteiger partial charge >= 0.3 is 0 Å². The fourth-order valence-corrected chi connectivity index (χ4v) is 1.80. The van der Waals surface area contributed by atoms with E-state index in [1.807, 2.05) is 0 Å². The van der Waals surface area contributed by atoms with Crippen LogP contribution in [0.15, 0.2) is 0 Å². The number of halogens is 1. The molecule has 1 heterocycles. The zero-order valence-electron chi connectivity index (χ0n) is 4.39. The minimum atomic E-state index is -0.200. The van der Waals surface area contributed by atoms with Crippen LogP contribution in [0.4, 0.5) is 0 Å². The summed E-state index contributed by atoms with van der Waals surface area (Å²) in [7, 11) is 0. The third-order valence-corrected chi connectivity index (χ3v) is 2.71. The molecule has 1 fully saturated rings. The van der Waals surface area contributed by atoms with Gasteiger partial charge in [0.15, 0.2) is 0 Å². The summed E-state index contributed by atoms with van der Waals surface area (Å²) in [4.78, 5) is 10.6. The van der Waals surface area contributed by atoms with Crippen molar-refractivity contribution in [2.45, 2.75) is 18.2 Å². The summed E-state index contributed by atoms with van der Waals surface area (Å²) < 4.78 is 0. The van der Waals surface area contributed by atoms with Gasteiger partial charge in [-0.05, 0) is 12.8 Å². The highest BCUT2D eigenvalue weighted by molar-refractivity contribution is 8.13. The van der Waals surface area contributed by atoms with Crippen LogP contribution in [0.5, 0.6) is 0 Å². The van der Waals surface area contributed by atoms with Gasteiger partial charge in [0.2, 0.25) is 5.12 Å². The van der Waals surface area contributed by atoms with E-state index in [1.54, 1.807) is 0 Å². The Bertz CT molecular complexity index is 105. The van der Waals surface area contributed by atoms with Gasteiger partial charge in [-0.2, -0.15) is 0 Å². The molecule has 0 saturated carbocycles. The van der Waals surface area contributed by atoms with Crippen LogP contribution >= 0.6 is 23.4 Å². The molecule has 0 aromatic carbocycles. The Morgan fingerprint density at radius 3 is 2.88 bits per heavy atom. The quantitative estimate of drug-likeness (QED) is 0.489. The van der Waals surface area contributed by atoms with Crippen molar-refractivity contribution in [2.75, 3.05) is 5.75 Å². The predicted molar refractivity (Wildman–Crippen MR) is 36.3 cm³/mol. The van der Waals surface area contributed by atoms with Crippen LogP contribution in [0.2, 0.25) is 0 Å². The summed E-state index contributed by atoms with van der Waals surface area (Å²) in [6.45, 7) is 0. The Balaban J connectivity index is 2.39. The number of hydrogen-bond donors (Lipinski definition) is 0. The molecule has 1 unspecified atom stereocenters. The molecule has 8 heavy (non-hydrogen) atoms. The van der Waals surface area contributed by atoms with Crippen LogP contribution in [0, 0.1) is 0 Å². The maximum absolute atomic E-state index is 10.6. The van der Waals surface area contributed by atoms with E-state index in [1.165, 1.54) is 11.8 Å². The molecule has 0 bridgehead atoms. The summed E-state index contributed by atoms with van der Waals surface area (Å²) in [5.74, 6) is 0.960. The van der Waals surface area contributed by atoms with Crippen molar-refractivity contribution >= 4 is 28.5 Å². The van der Waals surface area contributed by atoms with Gasteiger partial charge in [-0.1, -0.05) is 11.8 Å². The molecule has 0 aromatic heterocycles. The van der Waals surface area contributed by atoms with Crippen LogP contribution in [0.1, 0.15) is 12.8 Å². The Kier molecular flexibility index (Phi) is 2.20. The van der Waals surface area contributed by atoms with Gasteiger partial charge in [0.25, 0.3) is 0 Å². The second-order valence-electron chi connectivity index (χ2n) is 1.78. The van der Waals surface area contributed by atoms with E-state index in [4.69, 9.17) is 11.6 Å². The predicted octanol–water partition coefficient (Wildman–Crippen LogP) is 1.65. The van der Waals surface area contributed by atoms with Gasteiger partial charge in [0.05, 0.1) is 0 Å². The van der Waals surface area contributed by atoms with E-state index < -0.39 is 0 Å². The summed E-state index contributed by atoms with van der Waals surface area (Å²) in [5, 5.41) is -0.0494. The van der Waals surface area contributed by atoms with Crippen LogP contribution in [0.3, 0.4) is 0 Å². The van der Waals surface area contributed by atoms with Crippen molar-refractivity contribution in [3.05, 3.63) is 0 Å². The molecule has 1 aliphatic rings. The van der Waals surface area contributed by atoms with E-state index in [-0.39, 0.29) is 10.5 Å². The second kappa shape index (κ2) is 2.74. The SMILES string of the molecule is O=C1SCCCC1Cl. The third kappa shape index (κ3) is 1.39. The van der Waals surface area contributed by atoms with Gasteiger partial charge in [-0.3, -0.25) is 4.79 Å². The summed E-state index contributed by atoms with van der Waals surface area (Å²) in [6.07, 6.45) is 1.96. The van der Waals surface area contributed by atoms with Gasteiger partial charge in [-0.15, -0.1) is 11.6 Å². The van der Waals surface area contributed by atoms with Gasteiger partial charge in [-0.25, -0.2) is 0 Å². The number of alkyl halides is 1. The maximum Gasteiger partial charge on any atom is 0.206 e. The number of rotatable bonds is 0. The molecule has 1 atom stereocenters. The fraction of sp³-hybridized carbons (Fsp3) is 0.800. The van der Waals surface area contributed by atoms with E-state index in [0.29, 0.717) is 0 Å². The zero-order chi connectivity index (χ0) is 5.98. The van der Waals surface area contributed by atoms with E-state index in [0.717, 1.165) is 18.6 Å². The topological polar surface area (TPSA) is 17.1 Å². The summed E-state index contributed by atoms with van der Waals surface area (Å²) in [5.41, 5.74) is 0. The molecule has 0 amide bonds. The third-order valence-electron chi connectivity index (χ3n) is 1.10. The normalized spacial score (nSPS) is 30.6. The van der Waals surface area contributed by atoms with E-state index in [2.05, 4.69) is 0 Å². The number of carbonyl (C=O) groups excluding carboxylic acids is 1. The molecule has 0 aliphatic carbocycles. The molecular weight excluding hydrogens is 144 g/mol. The van der Waals surface area contributed by atoms with Gasteiger partial charge in [0, 0.05) is 5.75 Å². The lowest BCUT2D eigenvalue weighted by atomic mass is 10.2. The molecule has 1 aliphatic heterocycles. The van der Waals surface area contributed by atoms with Crippen molar-refractivity contribution in [2.24, 2.45) is 0 Å².